The summed E-state index contributed by atoms with van der Waals surface area (Å²) in [4.78, 5) is 8.94. The summed E-state index contributed by atoms with van der Waals surface area (Å²) in [6.45, 7) is 0. The summed E-state index contributed by atoms with van der Waals surface area (Å²) in [7, 11) is 0. The van der Waals surface area contributed by atoms with Crippen molar-refractivity contribution in [3.8, 4) is 11.1 Å². The highest BCUT2D eigenvalue weighted by molar-refractivity contribution is 6.28. The summed E-state index contributed by atoms with van der Waals surface area (Å²) in [5.41, 5.74) is 9.84. The summed E-state index contributed by atoms with van der Waals surface area (Å²) in [6.07, 6.45) is 13.0. The van der Waals surface area contributed by atoms with Crippen molar-refractivity contribution in [1.82, 2.24) is 14.4 Å². The van der Waals surface area contributed by atoms with Crippen molar-refractivity contribution in [3.05, 3.63) is 78.4 Å². The molecule has 4 heterocycles. The highest BCUT2D eigenvalue weighted by Gasteiger charge is 2.46. The van der Waals surface area contributed by atoms with Gasteiger partial charge in [-0.05, 0) is 53.3 Å². The van der Waals surface area contributed by atoms with E-state index in [2.05, 4.69) is 56.8 Å². The van der Waals surface area contributed by atoms with Gasteiger partial charge in [-0.25, -0.2) is 0 Å². The van der Waals surface area contributed by atoms with E-state index >= 15 is 0 Å². The number of fused-ring (bicyclic) bond motifs is 12. The molecule has 2 aliphatic rings. The second-order valence-corrected chi connectivity index (χ2v) is 9.03. The molecule has 1 fully saturated rings. The molecule has 4 aromatic heterocycles. The lowest BCUT2D eigenvalue weighted by molar-refractivity contribution is 0.550. The number of hydrogen-bond acceptors (Lipinski definition) is 2. The Labute approximate surface area is 173 Å². The van der Waals surface area contributed by atoms with Crippen LogP contribution in [0.2, 0.25) is 0 Å². The first-order valence-corrected chi connectivity index (χ1v) is 10.9. The van der Waals surface area contributed by atoms with Gasteiger partial charge in [0.1, 0.15) is 0 Å². The third-order valence-electron chi connectivity index (χ3n) is 7.85. The Hall–Kier alpha value is -3.46. The van der Waals surface area contributed by atoms with Gasteiger partial charge < -0.3 is 4.40 Å². The van der Waals surface area contributed by atoms with Crippen LogP contribution >= 0.6 is 0 Å². The van der Waals surface area contributed by atoms with Crippen molar-refractivity contribution in [2.75, 3.05) is 0 Å². The molecule has 2 aromatic carbocycles. The highest BCUT2D eigenvalue weighted by Crippen LogP contribution is 2.60. The summed E-state index contributed by atoms with van der Waals surface area (Å²) in [5.74, 6) is 0. The van der Waals surface area contributed by atoms with Crippen molar-refractivity contribution in [3.63, 3.8) is 0 Å². The largest absolute Gasteiger partial charge is 0.305 e. The Morgan fingerprint density at radius 2 is 1.50 bits per heavy atom. The summed E-state index contributed by atoms with van der Waals surface area (Å²) < 4.78 is 2.39. The minimum absolute atomic E-state index is 0.174. The summed E-state index contributed by atoms with van der Waals surface area (Å²) in [5, 5.41) is 5.35. The molecule has 30 heavy (non-hydrogen) atoms. The van der Waals surface area contributed by atoms with Crippen LogP contribution in [-0.4, -0.2) is 14.4 Å². The third-order valence-corrected chi connectivity index (χ3v) is 7.85. The van der Waals surface area contributed by atoms with Crippen LogP contribution in [0.1, 0.15) is 36.8 Å². The maximum Gasteiger partial charge on any atom is 0.0725 e. The standard InChI is InChI=1S/C27H19N3/c1-2-6-20-17(5-1)24-21(27(20)9-3-4-10-27)13-19-16-7-11-28-14-22(16)30-23-15-29-12-8-18(23)25(24)26(19)30/h1-2,5-8,11-15H,3-4,9-10H2. The zero-order valence-electron chi connectivity index (χ0n) is 16.5. The van der Waals surface area contributed by atoms with Gasteiger partial charge in [0.15, 0.2) is 0 Å². The van der Waals surface area contributed by atoms with E-state index in [0.29, 0.717) is 0 Å². The Morgan fingerprint density at radius 3 is 2.33 bits per heavy atom. The molecule has 1 spiro atoms. The molecule has 0 aliphatic heterocycles. The molecule has 0 atom stereocenters. The van der Waals surface area contributed by atoms with Gasteiger partial charge in [-0.3, -0.25) is 9.97 Å². The quantitative estimate of drug-likeness (QED) is 0.300. The predicted octanol–water partition coefficient (Wildman–Crippen LogP) is 6.47. The van der Waals surface area contributed by atoms with Crippen LogP contribution in [0.4, 0.5) is 0 Å². The van der Waals surface area contributed by atoms with Crippen LogP contribution in [0.15, 0.2) is 67.3 Å². The molecule has 2 aliphatic carbocycles. The van der Waals surface area contributed by atoms with Crippen molar-refractivity contribution < 1.29 is 0 Å². The molecule has 0 N–H and O–H groups in total. The van der Waals surface area contributed by atoms with Gasteiger partial charge in [0.25, 0.3) is 0 Å². The average Bonchev–Trinajstić information content (AvgIpc) is 3.55. The van der Waals surface area contributed by atoms with Gasteiger partial charge in [-0.1, -0.05) is 37.1 Å². The maximum absolute atomic E-state index is 4.48. The van der Waals surface area contributed by atoms with Crippen molar-refractivity contribution in [1.29, 1.82) is 0 Å². The van der Waals surface area contributed by atoms with Crippen molar-refractivity contribution in [2.24, 2.45) is 0 Å². The lowest BCUT2D eigenvalue weighted by Crippen LogP contribution is -2.20. The van der Waals surface area contributed by atoms with Gasteiger partial charge in [-0.2, -0.15) is 0 Å². The molecule has 3 heteroatoms. The Balaban J connectivity index is 1.72. The molecule has 8 rings (SSSR count). The van der Waals surface area contributed by atoms with Crippen LogP contribution in [0, 0.1) is 0 Å². The molecule has 142 valence electrons. The SMILES string of the molecule is c1ccc2c(c1)-c1c(cc3c4ccncc4n4c5cnccc5c1c34)C21CCCC1. The molecule has 6 aromatic rings. The molecule has 3 nitrogen and oxygen atoms in total. The number of pyridine rings is 2. The van der Waals surface area contributed by atoms with E-state index in [9.17, 15) is 0 Å². The van der Waals surface area contributed by atoms with Crippen molar-refractivity contribution in [2.45, 2.75) is 31.1 Å². The second-order valence-electron chi connectivity index (χ2n) is 9.03. The maximum atomic E-state index is 4.48. The fourth-order valence-corrected chi connectivity index (χ4v) is 6.75. The summed E-state index contributed by atoms with van der Waals surface area (Å²) >= 11 is 0. The summed E-state index contributed by atoms with van der Waals surface area (Å²) in [6, 6.07) is 16.1. The molecular formula is C27H19N3. The lowest BCUT2D eigenvalue weighted by atomic mass is 9.76. The van der Waals surface area contributed by atoms with Gasteiger partial charge in [0.05, 0.1) is 28.9 Å². The molecule has 0 saturated heterocycles. The molecule has 0 radical (unpaired) electrons. The topological polar surface area (TPSA) is 30.2 Å². The zero-order valence-corrected chi connectivity index (χ0v) is 16.5. The predicted molar refractivity (Wildman–Crippen MR) is 121 cm³/mol. The first-order valence-electron chi connectivity index (χ1n) is 10.9. The van der Waals surface area contributed by atoms with E-state index in [1.807, 2.05) is 24.8 Å². The average molecular weight is 385 g/mol. The molecule has 0 unspecified atom stereocenters. The number of aromatic nitrogens is 3. The Morgan fingerprint density at radius 1 is 0.767 bits per heavy atom. The Bertz CT molecular complexity index is 1650. The number of benzene rings is 2. The molecule has 0 bridgehead atoms. The van der Waals surface area contributed by atoms with Crippen LogP contribution in [0.25, 0.3) is 49.2 Å². The van der Waals surface area contributed by atoms with Crippen LogP contribution in [0.5, 0.6) is 0 Å². The Kier molecular flexibility index (Phi) is 2.56. The van der Waals surface area contributed by atoms with E-state index in [4.69, 9.17) is 0 Å². The number of nitrogens with zero attached hydrogens (tertiary/aromatic N) is 3. The van der Waals surface area contributed by atoms with Gasteiger partial charge in [0.2, 0.25) is 0 Å². The second kappa shape index (κ2) is 4.99. The van der Waals surface area contributed by atoms with Crippen molar-refractivity contribution >= 4 is 38.1 Å². The van der Waals surface area contributed by atoms with Crippen LogP contribution in [-0.2, 0) is 5.41 Å². The third kappa shape index (κ3) is 1.52. The van der Waals surface area contributed by atoms with Gasteiger partial charge >= 0.3 is 0 Å². The minimum Gasteiger partial charge on any atom is -0.305 e. The molecule has 1 saturated carbocycles. The number of rotatable bonds is 0. The van der Waals surface area contributed by atoms with Crippen LogP contribution < -0.4 is 0 Å². The molecular weight excluding hydrogens is 366 g/mol. The van der Waals surface area contributed by atoms with E-state index in [0.717, 1.165) is 0 Å². The van der Waals surface area contributed by atoms with E-state index in [1.54, 1.807) is 11.1 Å². The lowest BCUT2D eigenvalue weighted by Gasteiger charge is -2.26. The normalized spacial score (nSPS) is 17.1. The first kappa shape index (κ1) is 15.4. The van der Waals surface area contributed by atoms with E-state index in [1.165, 1.54) is 74.9 Å². The zero-order chi connectivity index (χ0) is 19.4. The number of hydrogen-bond donors (Lipinski definition) is 0. The highest BCUT2D eigenvalue weighted by atomic mass is 14.9. The van der Waals surface area contributed by atoms with Gasteiger partial charge in [0, 0.05) is 39.4 Å². The fraction of sp³-hybridized carbons (Fsp3) is 0.185. The minimum atomic E-state index is 0.174. The smallest absolute Gasteiger partial charge is 0.0725 e. The monoisotopic (exact) mass is 385 g/mol. The van der Waals surface area contributed by atoms with E-state index < -0.39 is 0 Å². The van der Waals surface area contributed by atoms with Gasteiger partial charge in [-0.15, -0.1) is 0 Å². The van der Waals surface area contributed by atoms with E-state index in [-0.39, 0.29) is 5.41 Å². The first-order chi connectivity index (χ1) is 14.9. The molecule has 0 amide bonds. The van der Waals surface area contributed by atoms with Crippen LogP contribution in [0.3, 0.4) is 0 Å². The fourth-order valence-electron chi connectivity index (χ4n) is 6.75.